The number of rotatable bonds is 5. The lowest BCUT2D eigenvalue weighted by atomic mass is 10.1. The Morgan fingerprint density at radius 3 is 2.68 bits per heavy atom. The summed E-state index contributed by atoms with van der Waals surface area (Å²) in [6, 6.07) is 4.47. The third-order valence-corrected chi connectivity index (χ3v) is 5.12. The van der Waals surface area contributed by atoms with Crippen LogP contribution in [0.4, 0.5) is 5.69 Å². The number of carbonyl (C=O) groups is 2. The van der Waals surface area contributed by atoms with Crippen LogP contribution in [0.5, 0.6) is 0 Å². The van der Waals surface area contributed by atoms with Crippen molar-refractivity contribution in [3.05, 3.63) is 55.2 Å². The van der Waals surface area contributed by atoms with Gasteiger partial charge in [0.25, 0.3) is 11.1 Å². The number of amides is 2. The van der Waals surface area contributed by atoms with Gasteiger partial charge in [-0.1, -0.05) is 12.5 Å². The summed E-state index contributed by atoms with van der Waals surface area (Å²) >= 11 is 0. The van der Waals surface area contributed by atoms with Crippen LogP contribution in [0.15, 0.2) is 32.6 Å². The van der Waals surface area contributed by atoms with Crippen LogP contribution < -0.4 is 27.4 Å². The Morgan fingerprint density at radius 1 is 1.03 bits per heavy atom. The molecule has 0 saturated carbocycles. The van der Waals surface area contributed by atoms with E-state index in [1.165, 1.54) is 18.2 Å². The first-order valence-corrected chi connectivity index (χ1v) is 9.91. The van der Waals surface area contributed by atoms with E-state index in [4.69, 9.17) is 0 Å². The van der Waals surface area contributed by atoms with Crippen molar-refractivity contribution in [3.8, 4) is 0 Å². The number of hydrogen-bond acceptors (Lipinski definition) is 6. The number of hydrogen-bond donors (Lipinski definition) is 4. The maximum absolute atomic E-state index is 12.4. The van der Waals surface area contributed by atoms with Crippen molar-refractivity contribution >= 4 is 28.3 Å². The van der Waals surface area contributed by atoms with Crippen LogP contribution in [0.3, 0.4) is 0 Å². The molecule has 0 aliphatic carbocycles. The van der Waals surface area contributed by atoms with Crippen LogP contribution >= 0.6 is 0 Å². The minimum absolute atomic E-state index is 0.0389. The monoisotopic (exact) mass is 427 g/mol. The summed E-state index contributed by atoms with van der Waals surface area (Å²) in [7, 11) is 0. The highest BCUT2D eigenvalue weighted by molar-refractivity contribution is 6.02. The van der Waals surface area contributed by atoms with Gasteiger partial charge in [0.15, 0.2) is 0 Å². The number of fused-ring (bicyclic) bond motifs is 2. The lowest BCUT2D eigenvalue weighted by molar-refractivity contribution is -0.124. The molecule has 1 aliphatic rings. The van der Waals surface area contributed by atoms with Crippen molar-refractivity contribution in [2.45, 2.75) is 38.8 Å². The number of anilines is 1. The SMILES string of the molecule is O=C(Cn1nc2n(c1=O)CCCCC2)NCC(=O)Nc1cccc2c(=O)[nH][nH]c(=O)c12. The molecule has 12 nitrogen and oxygen atoms in total. The van der Waals surface area contributed by atoms with Gasteiger partial charge in [-0.05, 0) is 25.0 Å². The predicted octanol–water partition coefficient (Wildman–Crippen LogP) is -0.944. The lowest BCUT2D eigenvalue weighted by Gasteiger charge is -2.09. The fourth-order valence-electron chi connectivity index (χ4n) is 3.63. The Balaban J connectivity index is 1.40. The second-order valence-electron chi connectivity index (χ2n) is 7.28. The molecule has 0 atom stereocenters. The normalized spacial score (nSPS) is 13.4. The molecule has 0 spiro atoms. The summed E-state index contributed by atoms with van der Waals surface area (Å²) in [5.74, 6) is -0.463. The molecule has 0 radical (unpaired) electrons. The van der Waals surface area contributed by atoms with Crippen molar-refractivity contribution in [1.29, 1.82) is 0 Å². The second-order valence-corrected chi connectivity index (χ2v) is 7.28. The topological polar surface area (TPSA) is 164 Å². The van der Waals surface area contributed by atoms with Gasteiger partial charge in [-0.3, -0.25) is 33.9 Å². The van der Waals surface area contributed by atoms with Crippen molar-refractivity contribution in [3.63, 3.8) is 0 Å². The number of H-pyrrole nitrogens is 2. The van der Waals surface area contributed by atoms with Gasteiger partial charge in [0.2, 0.25) is 11.8 Å². The number of nitrogens with zero attached hydrogens (tertiary/aromatic N) is 3. The molecule has 1 aliphatic heterocycles. The second kappa shape index (κ2) is 8.42. The van der Waals surface area contributed by atoms with Crippen LogP contribution in [0.25, 0.3) is 10.8 Å². The van der Waals surface area contributed by atoms with Gasteiger partial charge in [-0.2, -0.15) is 5.10 Å². The molecule has 0 saturated heterocycles. The van der Waals surface area contributed by atoms with Gasteiger partial charge < -0.3 is 10.6 Å². The molecule has 3 aromatic rings. The van der Waals surface area contributed by atoms with Crippen molar-refractivity contribution in [2.75, 3.05) is 11.9 Å². The van der Waals surface area contributed by atoms with Crippen LogP contribution in [0, 0.1) is 0 Å². The van der Waals surface area contributed by atoms with E-state index in [-0.39, 0.29) is 35.2 Å². The molecule has 1 aromatic carbocycles. The molecule has 12 heteroatoms. The Kier molecular flexibility index (Phi) is 5.52. The largest absolute Gasteiger partial charge is 0.346 e. The average molecular weight is 427 g/mol. The molecule has 162 valence electrons. The Morgan fingerprint density at radius 2 is 1.84 bits per heavy atom. The van der Waals surface area contributed by atoms with Crippen LogP contribution in [-0.2, 0) is 29.1 Å². The highest BCUT2D eigenvalue weighted by atomic mass is 16.2. The zero-order valence-corrected chi connectivity index (χ0v) is 16.6. The van der Waals surface area contributed by atoms with E-state index in [1.54, 1.807) is 4.57 Å². The Hall–Kier alpha value is -3.96. The van der Waals surface area contributed by atoms with Gasteiger partial charge in [-0.25, -0.2) is 9.48 Å². The number of aryl methyl sites for hydroxylation is 1. The van der Waals surface area contributed by atoms with Gasteiger partial charge in [0.05, 0.1) is 23.0 Å². The highest BCUT2D eigenvalue weighted by Gasteiger charge is 2.18. The molecule has 31 heavy (non-hydrogen) atoms. The Bertz CT molecular complexity index is 1330. The number of nitrogens with one attached hydrogen (secondary N) is 4. The van der Waals surface area contributed by atoms with E-state index in [9.17, 15) is 24.0 Å². The van der Waals surface area contributed by atoms with E-state index in [0.717, 1.165) is 23.9 Å². The van der Waals surface area contributed by atoms with E-state index >= 15 is 0 Å². The summed E-state index contributed by atoms with van der Waals surface area (Å²) in [5.41, 5.74) is -1.24. The number of aromatic nitrogens is 5. The maximum Gasteiger partial charge on any atom is 0.346 e. The quantitative estimate of drug-likeness (QED) is 0.410. The van der Waals surface area contributed by atoms with Gasteiger partial charge in [0.1, 0.15) is 12.4 Å². The van der Waals surface area contributed by atoms with Crippen LogP contribution in [0.1, 0.15) is 25.1 Å². The molecular formula is C19H21N7O5. The van der Waals surface area contributed by atoms with Crippen LogP contribution in [0.2, 0.25) is 0 Å². The average Bonchev–Trinajstić information content (AvgIpc) is 2.91. The fraction of sp³-hybridized carbons (Fsp3) is 0.368. The third kappa shape index (κ3) is 4.17. The smallest absolute Gasteiger partial charge is 0.345 e. The first-order chi connectivity index (χ1) is 14.9. The molecule has 0 fully saturated rings. The lowest BCUT2D eigenvalue weighted by Crippen LogP contribution is -2.37. The Labute approximate surface area is 174 Å². The first-order valence-electron chi connectivity index (χ1n) is 9.91. The summed E-state index contributed by atoms with van der Waals surface area (Å²) < 4.78 is 2.69. The maximum atomic E-state index is 12.4. The van der Waals surface area contributed by atoms with E-state index in [0.29, 0.717) is 18.8 Å². The standard InChI is InChI=1S/C19H21N7O5/c27-14(21-12-6-4-5-11-16(12)18(30)23-22-17(11)29)9-20-15(28)10-26-19(31)25-8-3-1-2-7-13(25)24-26/h4-6H,1-3,7-10H2,(H,20,28)(H,21,27)(H,22,29)(H,23,30). The molecule has 4 N–H and O–H groups in total. The molecule has 0 unspecified atom stereocenters. The molecule has 2 amide bonds. The zero-order valence-electron chi connectivity index (χ0n) is 16.6. The molecule has 2 aromatic heterocycles. The van der Waals surface area contributed by atoms with Crippen LogP contribution in [-0.4, -0.2) is 42.9 Å². The van der Waals surface area contributed by atoms with E-state index in [1.807, 2.05) is 0 Å². The summed E-state index contributed by atoms with van der Waals surface area (Å²) in [4.78, 5) is 60.8. The predicted molar refractivity (Wildman–Crippen MR) is 111 cm³/mol. The van der Waals surface area contributed by atoms with Gasteiger partial charge in [-0.15, -0.1) is 0 Å². The highest BCUT2D eigenvalue weighted by Crippen LogP contribution is 2.16. The van der Waals surface area contributed by atoms with Crippen molar-refractivity contribution in [2.24, 2.45) is 0 Å². The first kappa shape index (κ1) is 20.3. The summed E-state index contributed by atoms with van der Waals surface area (Å²) in [5, 5.41) is 13.8. The number of carbonyl (C=O) groups excluding carboxylic acids is 2. The fourth-order valence-corrected chi connectivity index (χ4v) is 3.63. The molecule has 3 heterocycles. The summed E-state index contributed by atoms with van der Waals surface area (Å²) in [6.45, 7) is -0.0841. The van der Waals surface area contributed by atoms with E-state index in [2.05, 4.69) is 25.9 Å². The number of benzene rings is 1. The molecular weight excluding hydrogens is 406 g/mol. The minimum atomic E-state index is -0.589. The van der Waals surface area contributed by atoms with Gasteiger partial charge >= 0.3 is 5.69 Å². The van der Waals surface area contributed by atoms with Crippen molar-refractivity contribution in [1.82, 2.24) is 29.9 Å². The van der Waals surface area contributed by atoms with Gasteiger partial charge in [0, 0.05) is 13.0 Å². The number of aromatic amines is 2. The minimum Gasteiger partial charge on any atom is -0.345 e. The summed E-state index contributed by atoms with van der Waals surface area (Å²) in [6.07, 6.45) is 3.58. The molecule has 4 rings (SSSR count). The van der Waals surface area contributed by atoms with Crippen molar-refractivity contribution < 1.29 is 9.59 Å². The van der Waals surface area contributed by atoms with E-state index < -0.39 is 22.9 Å². The zero-order chi connectivity index (χ0) is 22.0. The third-order valence-electron chi connectivity index (χ3n) is 5.12. The molecule has 0 bridgehead atoms.